The highest BCUT2D eigenvalue weighted by Crippen LogP contribution is 2.46. The van der Waals surface area contributed by atoms with Gasteiger partial charge in [0.15, 0.2) is 0 Å². The molecule has 1 aliphatic rings. The third-order valence-electron chi connectivity index (χ3n) is 2.43. The van der Waals surface area contributed by atoms with Crippen LogP contribution in [0.3, 0.4) is 0 Å². The van der Waals surface area contributed by atoms with E-state index in [1.165, 1.54) is 19.1 Å². The van der Waals surface area contributed by atoms with Crippen LogP contribution in [0.5, 0.6) is 5.75 Å². The molecule has 2 rings (SSSR count). The highest BCUT2D eigenvalue weighted by atomic mass is 19.2. The Hall–Kier alpha value is -1.45. The van der Waals surface area contributed by atoms with E-state index in [1.54, 1.807) is 12.1 Å². The van der Waals surface area contributed by atoms with E-state index < -0.39 is 24.2 Å². The fraction of sp³-hybridized carbons (Fsp3) is 0.364. The van der Waals surface area contributed by atoms with Crippen LogP contribution in [-0.2, 0) is 10.5 Å². The van der Waals surface area contributed by atoms with Crippen LogP contribution in [0.1, 0.15) is 18.9 Å². The van der Waals surface area contributed by atoms with Crippen LogP contribution < -0.4 is 4.74 Å². The first-order chi connectivity index (χ1) is 7.04. The van der Waals surface area contributed by atoms with Crippen LogP contribution in [0.4, 0.5) is 8.78 Å². The number of carbonyl (C=O) groups excluding carboxylic acids is 1. The number of carbonyl (C=O) groups is 1. The average molecular weight is 212 g/mol. The van der Waals surface area contributed by atoms with Gasteiger partial charge in [0.1, 0.15) is 11.5 Å². The first kappa shape index (κ1) is 10.1. The predicted octanol–water partition coefficient (Wildman–Crippen LogP) is 2.52. The van der Waals surface area contributed by atoms with E-state index >= 15 is 0 Å². The number of ether oxygens (including phenoxy) is 1. The zero-order chi connectivity index (χ0) is 11.1. The van der Waals surface area contributed by atoms with Gasteiger partial charge in [-0.05, 0) is 13.0 Å². The summed E-state index contributed by atoms with van der Waals surface area (Å²) in [6.45, 7) is 1.23. The molecule has 80 valence electrons. The van der Waals surface area contributed by atoms with Gasteiger partial charge in [0.05, 0.1) is 6.42 Å². The Morgan fingerprint density at radius 1 is 1.53 bits per heavy atom. The van der Waals surface area contributed by atoms with Crippen LogP contribution in [0.15, 0.2) is 24.3 Å². The maximum atomic E-state index is 14.2. The smallest absolute Gasteiger partial charge is 0.276 e. The van der Waals surface area contributed by atoms with Crippen LogP contribution in [-0.4, -0.2) is 12.1 Å². The molecule has 1 aromatic rings. The van der Waals surface area contributed by atoms with Crippen molar-refractivity contribution in [3.05, 3.63) is 29.8 Å². The Morgan fingerprint density at radius 3 is 2.87 bits per heavy atom. The molecular weight excluding hydrogens is 202 g/mol. The molecule has 0 N–H and O–H groups in total. The molecule has 0 unspecified atom stereocenters. The number of fused-ring (bicyclic) bond motifs is 1. The summed E-state index contributed by atoms with van der Waals surface area (Å²) in [5.41, 5.74) is -2.21. The summed E-state index contributed by atoms with van der Waals surface area (Å²) in [6, 6.07) is 6.15. The molecule has 0 bridgehead atoms. The highest BCUT2D eigenvalue weighted by molar-refractivity contribution is 5.77. The minimum absolute atomic E-state index is 0.118. The Kier molecular flexibility index (Phi) is 2.21. The molecule has 0 fully saturated rings. The van der Waals surface area contributed by atoms with Crippen LogP contribution in [0.25, 0.3) is 0 Å². The third kappa shape index (κ3) is 1.50. The number of hydrogen-bond acceptors (Lipinski definition) is 2. The number of hydrogen-bond donors (Lipinski definition) is 0. The topological polar surface area (TPSA) is 26.3 Å². The van der Waals surface area contributed by atoms with Gasteiger partial charge in [0, 0.05) is 5.56 Å². The van der Waals surface area contributed by atoms with Gasteiger partial charge in [-0.1, -0.05) is 18.2 Å². The quantitative estimate of drug-likeness (QED) is 0.752. The second-order valence-corrected chi connectivity index (χ2v) is 3.67. The van der Waals surface area contributed by atoms with E-state index in [0.717, 1.165) is 0 Å². The van der Waals surface area contributed by atoms with Gasteiger partial charge < -0.3 is 4.74 Å². The molecule has 15 heavy (non-hydrogen) atoms. The van der Waals surface area contributed by atoms with Gasteiger partial charge in [0.25, 0.3) is 6.36 Å². The molecule has 0 radical (unpaired) electrons. The second-order valence-electron chi connectivity index (χ2n) is 3.67. The monoisotopic (exact) mass is 212 g/mol. The van der Waals surface area contributed by atoms with Gasteiger partial charge >= 0.3 is 0 Å². The van der Waals surface area contributed by atoms with Gasteiger partial charge in [-0.15, -0.1) is 0 Å². The Balaban J connectivity index is 2.44. The summed E-state index contributed by atoms with van der Waals surface area (Å²) >= 11 is 0. The zero-order valence-corrected chi connectivity index (χ0v) is 8.17. The molecule has 0 amide bonds. The number of rotatable bonds is 2. The first-order valence-corrected chi connectivity index (χ1v) is 4.62. The van der Waals surface area contributed by atoms with Gasteiger partial charge in [-0.3, -0.25) is 4.79 Å². The lowest BCUT2D eigenvalue weighted by Gasteiger charge is -2.19. The molecule has 0 aliphatic carbocycles. The summed E-state index contributed by atoms with van der Waals surface area (Å²) in [6.07, 6.45) is -2.59. The van der Waals surface area contributed by atoms with E-state index in [4.69, 9.17) is 4.74 Å². The van der Waals surface area contributed by atoms with Crippen molar-refractivity contribution in [3.8, 4) is 5.75 Å². The van der Waals surface area contributed by atoms with E-state index in [1.807, 2.05) is 0 Å². The molecule has 1 heterocycles. The number of halogens is 2. The van der Waals surface area contributed by atoms with Crippen molar-refractivity contribution in [3.63, 3.8) is 0 Å². The van der Waals surface area contributed by atoms with Crippen molar-refractivity contribution in [2.45, 2.75) is 25.4 Å². The molecule has 1 aromatic carbocycles. The number of ketones is 1. The van der Waals surface area contributed by atoms with Gasteiger partial charge in [-0.2, -0.15) is 4.39 Å². The number of benzene rings is 1. The third-order valence-corrected chi connectivity index (χ3v) is 2.43. The summed E-state index contributed by atoms with van der Waals surface area (Å²) in [7, 11) is 0. The minimum Gasteiger partial charge on any atom is -0.456 e. The molecule has 1 aliphatic heterocycles. The molecule has 0 aromatic heterocycles. The van der Waals surface area contributed by atoms with Crippen LogP contribution in [0.2, 0.25) is 0 Å². The maximum absolute atomic E-state index is 14.2. The molecule has 4 heteroatoms. The van der Waals surface area contributed by atoms with Gasteiger partial charge in [0.2, 0.25) is 5.67 Å². The lowest BCUT2D eigenvalue weighted by Crippen LogP contribution is -2.32. The lowest BCUT2D eigenvalue weighted by atomic mass is 9.92. The zero-order valence-electron chi connectivity index (χ0n) is 8.17. The summed E-state index contributed by atoms with van der Waals surface area (Å²) in [4.78, 5) is 10.9. The average Bonchev–Trinajstić information content (AvgIpc) is 2.39. The molecule has 2 nitrogen and oxygen atoms in total. The van der Waals surface area contributed by atoms with E-state index in [-0.39, 0.29) is 11.3 Å². The normalized spacial score (nSPS) is 28.3. The van der Waals surface area contributed by atoms with E-state index in [2.05, 4.69) is 0 Å². The summed E-state index contributed by atoms with van der Waals surface area (Å²) in [5, 5.41) is 0. The van der Waals surface area contributed by atoms with Crippen LogP contribution in [0, 0.1) is 0 Å². The Bertz CT molecular complexity index is 405. The molecule has 0 saturated heterocycles. The summed E-state index contributed by atoms with van der Waals surface area (Å²) in [5.74, 6) is -0.228. The Labute approximate surface area is 85.9 Å². The lowest BCUT2D eigenvalue weighted by molar-refractivity contribution is -0.125. The Morgan fingerprint density at radius 2 is 2.20 bits per heavy atom. The molecular formula is C11H10F2O2. The molecule has 2 atom stereocenters. The van der Waals surface area contributed by atoms with Crippen molar-refractivity contribution >= 4 is 5.78 Å². The van der Waals surface area contributed by atoms with E-state index in [0.29, 0.717) is 0 Å². The summed E-state index contributed by atoms with van der Waals surface area (Å²) < 4.78 is 32.3. The fourth-order valence-electron chi connectivity index (χ4n) is 1.78. The predicted molar refractivity (Wildman–Crippen MR) is 50.1 cm³/mol. The van der Waals surface area contributed by atoms with Gasteiger partial charge in [-0.25, -0.2) is 4.39 Å². The van der Waals surface area contributed by atoms with Crippen molar-refractivity contribution < 1.29 is 18.3 Å². The van der Waals surface area contributed by atoms with Crippen molar-refractivity contribution in [2.24, 2.45) is 0 Å². The molecule has 0 spiro atoms. The highest BCUT2D eigenvalue weighted by Gasteiger charge is 2.51. The maximum Gasteiger partial charge on any atom is 0.276 e. The van der Waals surface area contributed by atoms with E-state index in [9.17, 15) is 13.6 Å². The second kappa shape index (κ2) is 3.29. The van der Waals surface area contributed by atoms with Crippen molar-refractivity contribution in [1.82, 2.24) is 0 Å². The number of para-hydroxylation sites is 1. The molecule has 0 saturated carbocycles. The van der Waals surface area contributed by atoms with Crippen LogP contribution >= 0.6 is 0 Å². The first-order valence-electron chi connectivity index (χ1n) is 4.62. The van der Waals surface area contributed by atoms with Crippen molar-refractivity contribution in [1.29, 1.82) is 0 Å². The SMILES string of the molecule is CC(=O)C[C@@]1(F)c2ccccc2O[C@@H]1F. The number of alkyl halides is 2. The fourth-order valence-corrected chi connectivity index (χ4v) is 1.78. The minimum atomic E-state index is -2.33. The standard InChI is InChI=1S/C11H10F2O2/c1-7(14)6-11(13)8-4-2-3-5-9(8)15-10(11)12/h2-5,10H,6H2,1H3/t10-,11+/m0/s1. The van der Waals surface area contributed by atoms with Crippen molar-refractivity contribution in [2.75, 3.05) is 0 Å². The largest absolute Gasteiger partial charge is 0.456 e. The number of Topliss-reactive ketones (excluding diaryl/α,β-unsaturated/α-hetero) is 1.